The van der Waals surface area contributed by atoms with Crippen LogP contribution in [0.15, 0.2) is 18.2 Å². The van der Waals surface area contributed by atoms with Crippen LogP contribution in [-0.2, 0) is 6.61 Å². The van der Waals surface area contributed by atoms with Crippen molar-refractivity contribution in [3.8, 4) is 5.75 Å². The van der Waals surface area contributed by atoms with E-state index in [1.807, 2.05) is 0 Å². The molecule has 1 aromatic heterocycles. The summed E-state index contributed by atoms with van der Waals surface area (Å²) < 4.78 is 9.66. The molecule has 0 saturated carbocycles. The van der Waals surface area contributed by atoms with Gasteiger partial charge in [0.1, 0.15) is 12.4 Å². The topological polar surface area (TPSA) is 67.4 Å². The lowest BCUT2D eigenvalue weighted by Crippen LogP contribution is -2.34. The molecule has 1 N–H and O–H groups in total. The average Bonchev–Trinajstić information content (AvgIpc) is 2.93. The quantitative estimate of drug-likeness (QED) is 0.922. The summed E-state index contributed by atoms with van der Waals surface area (Å²) in [6, 6.07) is 4.69. The number of amides is 2. The zero-order valence-corrected chi connectivity index (χ0v) is 13.6. The van der Waals surface area contributed by atoms with E-state index in [0.717, 1.165) is 11.5 Å². The lowest BCUT2D eigenvalue weighted by atomic mass is 10.3. The summed E-state index contributed by atoms with van der Waals surface area (Å²) in [4.78, 5) is 17.1. The number of rotatable bonds is 4. The molecule has 112 valence electrons. The molecule has 0 spiro atoms. The first-order valence-corrected chi connectivity index (χ1v) is 7.40. The summed E-state index contributed by atoms with van der Waals surface area (Å²) in [7, 11) is 3.16. The fourth-order valence-electron chi connectivity index (χ4n) is 1.43. The van der Waals surface area contributed by atoms with Crippen molar-refractivity contribution in [2.24, 2.45) is 0 Å². The van der Waals surface area contributed by atoms with Crippen LogP contribution in [0.2, 0.25) is 10.0 Å². The van der Waals surface area contributed by atoms with E-state index in [9.17, 15) is 4.79 Å². The SMILES string of the molecule is CNC(=O)N(C)c1nc(COc2ccc(Cl)cc2Cl)ns1. The van der Waals surface area contributed by atoms with Crippen LogP contribution < -0.4 is 15.0 Å². The smallest absolute Gasteiger partial charge is 0.323 e. The van der Waals surface area contributed by atoms with Crippen molar-refractivity contribution in [2.75, 3.05) is 19.0 Å². The minimum Gasteiger partial charge on any atom is -0.484 e. The second kappa shape index (κ2) is 6.93. The van der Waals surface area contributed by atoms with Gasteiger partial charge in [0.2, 0.25) is 5.13 Å². The molecule has 0 bridgehead atoms. The monoisotopic (exact) mass is 346 g/mol. The molecule has 6 nitrogen and oxygen atoms in total. The molecule has 0 radical (unpaired) electrons. The molecule has 0 aliphatic heterocycles. The summed E-state index contributed by atoms with van der Waals surface area (Å²) in [5, 5.41) is 3.94. The first-order valence-electron chi connectivity index (χ1n) is 5.87. The minimum absolute atomic E-state index is 0.152. The number of carbonyl (C=O) groups is 1. The molecule has 0 atom stereocenters. The predicted molar refractivity (Wildman–Crippen MR) is 83.6 cm³/mol. The van der Waals surface area contributed by atoms with Gasteiger partial charge in [0.05, 0.1) is 5.02 Å². The third-order valence-corrected chi connectivity index (χ3v) is 3.87. The van der Waals surface area contributed by atoms with Crippen LogP contribution in [-0.4, -0.2) is 29.5 Å². The molecule has 0 fully saturated rings. The lowest BCUT2D eigenvalue weighted by molar-refractivity contribution is 0.249. The molecule has 2 amide bonds. The molecule has 9 heteroatoms. The highest BCUT2D eigenvalue weighted by Crippen LogP contribution is 2.28. The lowest BCUT2D eigenvalue weighted by Gasteiger charge is -2.11. The molecular weight excluding hydrogens is 335 g/mol. The fraction of sp³-hybridized carbons (Fsp3) is 0.250. The van der Waals surface area contributed by atoms with Crippen molar-refractivity contribution in [2.45, 2.75) is 6.61 Å². The molecule has 2 rings (SSSR count). The summed E-state index contributed by atoms with van der Waals surface area (Å²) in [6.45, 7) is 0.152. The van der Waals surface area contributed by atoms with Gasteiger partial charge in [0.15, 0.2) is 5.82 Å². The van der Waals surface area contributed by atoms with E-state index < -0.39 is 0 Å². The van der Waals surface area contributed by atoms with Gasteiger partial charge in [0, 0.05) is 30.7 Å². The number of nitrogens with zero attached hydrogens (tertiary/aromatic N) is 3. The summed E-state index contributed by atoms with van der Waals surface area (Å²) >= 11 is 12.9. The van der Waals surface area contributed by atoms with E-state index in [0.29, 0.717) is 26.8 Å². The Morgan fingerprint density at radius 1 is 1.48 bits per heavy atom. The fourth-order valence-corrected chi connectivity index (χ4v) is 2.52. The molecular formula is C12H12Cl2N4O2S. The highest BCUT2D eigenvalue weighted by molar-refractivity contribution is 7.09. The van der Waals surface area contributed by atoms with Crippen LogP contribution in [0.5, 0.6) is 5.75 Å². The van der Waals surface area contributed by atoms with Crippen LogP contribution in [0.4, 0.5) is 9.93 Å². The number of hydrogen-bond donors (Lipinski definition) is 1. The van der Waals surface area contributed by atoms with Crippen molar-refractivity contribution in [3.63, 3.8) is 0 Å². The number of carbonyl (C=O) groups excluding carboxylic acids is 1. The van der Waals surface area contributed by atoms with E-state index in [1.54, 1.807) is 32.3 Å². The second-order valence-corrected chi connectivity index (χ2v) is 5.54. The third-order valence-electron chi connectivity index (χ3n) is 2.51. The van der Waals surface area contributed by atoms with Gasteiger partial charge in [-0.1, -0.05) is 23.2 Å². The van der Waals surface area contributed by atoms with E-state index in [-0.39, 0.29) is 12.6 Å². The van der Waals surface area contributed by atoms with E-state index in [1.165, 1.54) is 4.90 Å². The van der Waals surface area contributed by atoms with Gasteiger partial charge in [-0.15, -0.1) is 0 Å². The van der Waals surface area contributed by atoms with Crippen LogP contribution in [0.25, 0.3) is 0 Å². The number of halogens is 2. The molecule has 0 saturated heterocycles. The van der Waals surface area contributed by atoms with Crippen molar-refractivity contribution in [1.29, 1.82) is 0 Å². The summed E-state index contributed by atoms with van der Waals surface area (Å²) in [5.41, 5.74) is 0. The largest absolute Gasteiger partial charge is 0.484 e. The Morgan fingerprint density at radius 3 is 2.90 bits per heavy atom. The van der Waals surface area contributed by atoms with Crippen molar-refractivity contribution in [1.82, 2.24) is 14.7 Å². The number of aromatic nitrogens is 2. The number of urea groups is 1. The maximum absolute atomic E-state index is 11.5. The highest BCUT2D eigenvalue weighted by Gasteiger charge is 2.14. The maximum Gasteiger partial charge on any atom is 0.323 e. The van der Waals surface area contributed by atoms with E-state index in [2.05, 4.69) is 14.7 Å². The van der Waals surface area contributed by atoms with Gasteiger partial charge in [-0.3, -0.25) is 4.90 Å². The molecule has 1 aromatic carbocycles. The number of anilines is 1. The van der Waals surface area contributed by atoms with Crippen molar-refractivity contribution in [3.05, 3.63) is 34.1 Å². The zero-order chi connectivity index (χ0) is 15.4. The number of ether oxygens (including phenoxy) is 1. The average molecular weight is 347 g/mol. The van der Waals surface area contributed by atoms with Gasteiger partial charge in [-0.25, -0.2) is 4.79 Å². The Balaban J connectivity index is 2.01. The first-order chi connectivity index (χ1) is 10.0. The number of hydrogen-bond acceptors (Lipinski definition) is 5. The molecule has 0 aliphatic rings. The summed E-state index contributed by atoms with van der Waals surface area (Å²) in [6.07, 6.45) is 0. The van der Waals surface area contributed by atoms with Gasteiger partial charge in [0.25, 0.3) is 0 Å². The van der Waals surface area contributed by atoms with Crippen molar-refractivity contribution < 1.29 is 9.53 Å². The molecule has 1 heterocycles. The Bertz CT molecular complexity index is 650. The van der Waals surface area contributed by atoms with E-state index in [4.69, 9.17) is 27.9 Å². The molecule has 0 aliphatic carbocycles. The standard InChI is InChI=1S/C12H12Cl2N4O2S/c1-15-11(19)18(2)12-16-10(17-21-12)6-20-9-4-3-7(13)5-8(9)14/h3-5H,6H2,1-2H3,(H,15,19). The molecule has 2 aromatic rings. The second-order valence-electron chi connectivity index (χ2n) is 3.97. The van der Waals surface area contributed by atoms with Crippen LogP contribution in [0.1, 0.15) is 5.82 Å². The number of nitrogens with one attached hydrogen (secondary N) is 1. The molecule has 21 heavy (non-hydrogen) atoms. The van der Waals surface area contributed by atoms with Crippen LogP contribution >= 0.6 is 34.7 Å². The van der Waals surface area contributed by atoms with Gasteiger partial charge < -0.3 is 10.1 Å². The first kappa shape index (κ1) is 15.8. The zero-order valence-electron chi connectivity index (χ0n) is 11.3. The van der Waals surface area contributed by atoms with E-state index >= 15 is 0 Å². The maximum atomic E-state index is 11.5. The Kier molecular flexibility index (Phi) is 5.22. The highest BCUT2D eigenvalue weighted by atomic mass is 35.5. The normalized spacial score (nSPS) is 10.3. The van der Waals surface area contributed by atoms with Crippen LogP contribution in [0, 0.1) is 0 Å². The number of benzene rings is 1. The van der Waals surface area contributed by atoms with Gasteiger partial charge in [-0.2, -0.15) is 9.36 Å². The van der Waals surface area contributed by atoms with Crippen LogP contribution in [0.3, 0.4) is 0 Å². The molecule has 0 unspecified atom stereocenters. The van der Waals surface area contributed by atoms with Gasteiger partial charge >= 0.3 is 6.03 Å². The Morgan fingerprint density at radius 2 is 2.24 bits per heavy atom. The third kappa shape index (κ3) is 3.96. The summed E-state index contributed by atoms with van der Waals surface area (Å²) in [5.74, 6) is 0.967. The van der Waals surface area contributed by atoms with Crippen molar-refractivity contribution >= 4 is 45.9 Å². The Hall–Kier alpha value is -1.57. The Labute approximate surface area is 135 Å². The van der Waals surface area contributed by atoms with Gasteiger partial charge in [-0.05, 0) is 18.2 Å². The predicted octanol–water partition coefficient (Wildman–Crippen LogP) is 3.20. The minimum atomic E-state index is -0.264.